The lowest BCUT2D eigenvalue weighted by Crippen LogP contribution is -2.23. The topological polar surface area (TPSA) is 9.23 Å². The fourth-order valence-corrected chi connectivity index (χ4v) is 2.42. The molecule has 1 atom stereocenters. The molecule has 0 heterocycles. The van der Waals surface area contributed by atoms with E-state index in [1.807, 2.05) is 0 Å². The normalized spacial score (nSPS) is 16.9. The predicted molar refractivity (Wildman–Crippen MR) is 69.5 cm³/mol. The number of hydrogen-bond donors (Lipinski definition) is 0. The van der Waals surface area contributed by atoms with Crippen molar-refractivity contribution >= 4 is 0 Å². The summed E-state index contributed by atoms with van der Waals surface area (Å²) in [4.78, 5) is 0. The first-order valence-electron chi connectivity index (χ1n) is 6.21. The second-order valence-electron chi connectivity index (χ2n) is 4.82. The molecule has 0 spiro atoms. The number of fused-ring (bicyclic) bond motifs is 1. The molecular weight excluding hydrogens is 227 g/mol. The van der Waals surface area contributed by atoms with E-state index in [2.05, 4.69) is 24.3 Å². The molecule has 2 aromatic rings. The van der Waals surface area contributed by atoms with E-state index in [0.29, 0.717) is 18.1 Å². The smallest absolute Gasteiger partial charge is 0.126 e. The van der Waals surface area contributed by atoms with E-state index >= 15 is 0 Å². The Balaban J connectivity index is 1.65. The first kappa shape index (κ1) is 11.3. The number of benzene rings is 2. The molecule has 0 saturated carbocycles. The molecule has 0 bridgehead atoms. The van der Waals surface area contributed by atoms with Gasteiger partial charge in [-0.3, -0.25) is 0 Å². The van der Waals surface area contributed by atoms with Crippen molar-refractivity contribution in [3.63, 3.8) is 0 Å². The summed E-state index contributed by atoms with van der Waals surface area (Å²) < 4.78 is 18.9. The van der Waals surface area contributed by atoms with Gasteiger partial charge >= 0.3 is 0 Å². The molecule has 0 aliphatic heterocycles. The molecule has 18 heavy (non-hydrogen) atoms. The maximum Gasteiger partial charge on any atom is 0.126 e. The highest BCUT2D eigenvalue weighted by molar-refractivity contribution is 5.40. The van der Waals surface area contributed by atoms with Crippen molar-refractivity contribution < 1.29 is 9.13 Å². The van der Waals surface area contributed by atoms with Crippen molar-refractivity contribution in [1.29, 1.82) is 0 Å². The van der Waals surface area contributed by atoms with Gasteiger partial charge in [0.15, 0.2) is 0 Å². The average Bonchev–Trinajstić information content (AvgIpc) is 2.35. The van der Waals surface area contributed by atoms with Gasteiger partial charge in [-0.1, -0.05) is 24.3 Å². The Morgan fingerprint density at radius 1 is 1.22 bits per heavy atom. The Bertz CT molecular complexity index is 577. The number of rotatable bonds is 3. The lowest BCUT2D eigenvalue weighted by Gasteiger charge is -2.29. The van der Waals surface area contributed by atoms with Gasteiger partial charge in [-0.25, -0.2) is 4.39 Å². The largest absolute Gasteiger partial charge is 0.493 e. The molecule has 0 radical (unpaired) electrons. The minimum atomic E-state index is -0.184. The summed E-state index contributed by atoms with van der Waals surface area (Å²) in [6.45, 7) is 2.42. The summed E-state index contributed by atoms with van der Waals surface area (Å²) in [5.41, 5.74) is 3.43. The first-order valence-corrected chi connectivity index (χ1v) is 6.21. The molecule has 2 aromatic carbocycles. The molecule has 0 aromatic heterocycles. The first-order chi connectivity index (χ1) is 8.74. The van der Waals surface area contributed by atoms with Crippen LogP contribution in [0.4, 0.5) is 4.39 Å². The Morgan fingerprint density at radius 3 is 2.83 bits per heavy atom. The van der Waals surface area contributed by atoms with Crippen LogP contribution in [-0.4, -0.2) is 6.61 Å². The molecule has 1 aliphatic rings. The third-order valence-electron chi connectivity index (χ3n) is 3.54. The Hall–Kier alpha value is -1.83. The molecule has 3 rings (SSSR count). The van der Waals surface area contributed by atoms with Gasteiger partial charge in [0, 0.05) is 5.92 Å². The Morgan fingerprint density at radius 2 is 2.06 bits per heavy atom. The highest BCUT2D eigenvalue weighted by Gasteiger charge is 2.25. The van der Waals surface area contributed by atoms with E-state index in [-0.39, 0.29) is 5.82 Å². The van der Waals surface area contributed by atoms with Gasteiger partial charge < -0.3 is 4.74 Å². The average molecular weight is 242 g/mol. The second-order valence-corrected chi connectivity index (χ2v) is 4.82. The van der Waals surface area contributed by atoms with Crippen LogP contribution in [0, 0.1) is 12.7 Å². The molecule has 2 heteroatoms. The minimum absolute atomic E-state index is 0.184. The van der Waals surface area contributed by atoms with Gasteiger partial charge in [0.1, 0.15) is 11.6 Å². The molecular formula is C16H15FO. The third kappa shape index (κ3) is 1.99. The fourth-order valence-electron chi connectivity index (χ4n) is 2.42. The zero-order valence-electron chi connectivity index (χ0n) is 10.3. The fraction of sp³-hybridized carbons (Fsp3) is 0.250. The van der Waals surface area contributed by atoms with Crippen molar-refractivity contribution in [3.05, 3.63) is 65.0 Å². The Labute approximate surface area is 106 Å². The number of ether oxygens (including phenoxy) is 1. The second kappa shape index (κ2) is 4.45. The number of halogens is 1. The van der Waals surface area contributed by atoms with Gasteiger partial charge in [0.2, 0.25) is 0 Å². The predicted octanol–water partition coefficient (Wildman–Crippen LogP) is 3.85. The monoisotopic (exact) mass is 242 g/mol. The summed E-state index contributed by atoms with van der Waals surface area (Å²) in [6.07, 6.45) is 1.08. The van der Waals surface area contributed by atoms with Crippen molar-refractivity contribution in [2.75, 3.05) is 6.61 Å². The van der Waals surface area contributed by atoms with Crippen LogP contribution >= 0.6 is 0 Å². The zero-order valence-corrected chi connectivity index (χ0v) is 10.3. The van der Waals surface area contributed by atoms with Gasteiger partial charge in [-0.15, -0.1) is 0 Å². The zero-order chi connectivity index (χ0) is 12.5. The van der Waals surface area contributed by atoms with Crippen molar-refractivity contribution in [3.8, 4) is 5.75 Å². The molecule has 1 aliphatic carbocycles. The van der Waals surface area contributed by atoms with Crippen molar-refractivity contribution in [1.82, 2.24) is 0 Å². The van der Waals surface area contributed by atoms with Crippen LogP contribution in [0.25, 0.3) is 0 Å². The Kier molecular flexibility index (Phi) is 2.78. The van der Waals surface area contributed by atoms with E-state index in [0.717, 1.165) is 12.2 Å². The molecule has 92 valence electrons. The van der Waals surface area contributed by atoms with Crippen LogP contribution < -0.4 is 4.74 Å². The van der Waals surface area contributed by atoms with Crippen LogP contribution in [0.5, 0.6) is 5.75 Å². The number of aryl methyl sites for hydroxylation is 1. The summed E-state index contributed by atoms with van der Waals surface area (Å²) in [7, 11) is 0. The van der Waals surface area contributed by atoms with E-state index < -0.39 is 0 Å². The molecule has 0 N–H and O–H groups in total. The van der Waals surface area contributed by atoms with Crippen molar-refractivity contribution in [2.24, 2.45) is 0 Å². The number of hydrogen-bond acceptors (Lipinski definition) is 1. The standard InChI is InChI=1S/C16H15FO/c1-11-8-14(6-7-16(11)17)18-10-13-9-12-4-2-3-5-15(12)13/h2-8,13H,9-10H2,1H3. The third-order valence-corrected chi connectivity index (χ3v) is 3.54. The van der Waals surface area contributed by atoms with Crippen LogP contribution in [0.1, 0.15) is 22.6 Å². The molecule has 0 amide bonds. The van der Waals surface area contributed by atoms with E-state index in [4.69, 9.17) is 4.74 Å². The highest BCUT2D eigenvalue weighted by atomic mass is 19.1. The van der Waals surface area contributed by atoms with Gasteiger partial charge in [0.25, 0.3) is 0 Å². The maximum atomic E-state index is 13.1. The van der Waals surface area contributed by atoms with Crippen LogP contribution in [-0.2, 0) is 6.42 Å². The molecule has 1 nitrogen and oxygen atoms in total. The van der Waals surface area contributed by atoms with Gasteiger partial charge in [0.05, 0.1) is 6.61 Å². The van der Waals surface area contributed by atoms with Crippen LogP contribution in [0.3, 0.4) is 0 Å². The maximum absolute atomic E-state index is 13.1. The summed E-state index contributed by atoms with van der Waals surface area (Å²) in [5, 5.41) is 0. The van der Waals surface area contributed by atoms with Crippen LogP contribution in [0.2, 0.25) is 0 Å². The SMILES string of the molecule is Cc1cc(OCC2Cc3ccccc32)ccc1F. The molecule has 0 saturated heterocycles. The summed E-state index contributed by atoms with van der Waals surface area (Å²) in [5.74, 6) is 1.04. The van der Waals surface area contributed by atoms with E-state index in [1.165, 1.54) is 17.2 Å². The van der Waals surface area contributed by atoms with E-state index in [9.17, 15) is 4.39 Å². The van der Waals surface area contributed by atoms with E-state index in [1.54, 1.807) is 19.1 Å². The lowest BCUT2D eigenvalue weighted by atomic mass is 9.78. The minimum Gasteiger partial charge on any atom is -0.493 e. The lowest BCUT2D eigenvalue weighted by molar-refractivity contribution is 0.275. The molecule has 1 unspecified atom stereocenters. The quantitative estimate of drug-likeness (QED) is 0.794. The molecule has 0 fully saturated rings. The highest BCUT2D eigenvalue weighted by Crippen LogP contribution is 2.35. The van der Waals surface area contributed by atoms with Crippen LogP contribution in [0.15, 0.2) is 42.5 Å². The van der Waals surface area contributed by atoms with Gasteiger partial charge in [-0.2, -0.15) is 0 Å². The summed E-state index contributed by atoms with van der Waals surface area (Å²) in [6, 6.07) is 13.3. The van der Waals surface area contributed by atoms with Gasteiger partial charge in [-0.05, 0) is 48.2 Å². The van der Waals surface area contributed by atoms with Crippen molar-refractivity contribution in [2.45, 2.75) is 19.3 Å². The summed E-state index contributed by atoms with van der Waals surface area (Å²) >= 11 is 0.